The Hall–Kier alpha value is -8.36. The predicted molar refractivity (Wildman–Crippen MR) is 280 cm³/mol. The average Bonchev–Trinajstić information content (AvgIpc) is 4.19. The maximum Gasteiger partial charge on any atom is 0.258 e. The molecule has 75 heavy (non-hydrogen) atoms. The number of aliphatic imine (C=N–C) groups is 1. The zero-order valence-corrected chi connectivity index (χ0v) is 41.7. The quantitative estimate of drug-likeness (QED) is 0.0556. The zero-order chi connectivity index (χ0) is 53.1. The van der Waals surface area contributed by atoms with Crippen LogP contribution in [0.15, 0.2) is 108 Å². The number of pyridine rings is 1. The summed E-state index contributed by atoms with van der Waals surface area (Å²) in [4.78, 5) is 117. The van der Waals surface area contributed by atoms with Crippen LogP contribution in [0.2, 0.25) is 0 Å². The zero-order valence-electron chi connectivity index (χ0n) is 41.7. The molecule has 8 N–H and O–H groups in total. The second-order valence-electron chi connectivity index (χ2n) is 19.0. The first kappa shape index (κ1) is 52.9. The van der Waals surface area contributed by atoms with E-state index >= 15 is 0 Å². The molecule has 3 aromatic carbocycles. The molecule has 1 atom stereocenters. The Bertz CT molecular complexity index is 2930. The Kier molecular flexibility index (Phi) is 17.0. The number of nitrogens with two attached hydrogens (primary N) is 1. The van der Waals surface area contributed by atoms with Crippen molar-refractivity contribution >= 4 is 76.2 Å². The average molecular weight is 1020 g/mol. The highest BCUT2D eigenvalue weighted by Gasteiger charge is 2.51. The number of hydrogen-bond donors (Lipinski definition) is 7. The first-order chi connectivity index (χ1) is 36.2. The SMILES string of the molecule is CCCN(CCO)C(=O)C1=Cc2ccc(C3(C(=O)Nc4cnc5c(c4)CN(CCNC(=O)[C@H](Cc4ccccc4)NC(=O)CNC(=O)CNC(=O)Cc4ccc(N6C(=O)C=CC6=O)cc4)CC5)CC3)cc2N=C(N)C1. The molecule has 1 saturated carbocycles. The van der Waals surface area contributed by atoms with E-state index in [0.29, 0.717) is 73.6 Å². The van der Waals surface area contributed by atoms with E-state index in [-0.39, 0.29) is 56.6 Å². The van der Waals surface area contributed by atoms with Gasteiger partial charge >= 0.3 is 0 Å². The van der Waals surface area contributed by atoms with Crippen LogP contribution in [0.5, 0.6) is 0 Å². The molecule has 4 aromatic rings. The Balaban J connectivity index is 0.803. The van der Waals surface area contributed by atoms with Crippen molar-refractivity contribution in [3.05, 3.63) is 136 Å². The third-order valence-electron chi connectivity index (χ3n) is 13.5. The van der Waals surface area contributed by atoms with Crippen LogP contribution in [0.25, 0.3) is 6.08 Å². The number of aromatic nitrogens is 1. The van der Waals surface area contributed by atoms with Gasteiger partial charge in [-0.25, -0.2) is 9.89 Å². The minimum absolute atomic E-state index is 0.0692. The van der Waals surface area contributed by atoms with E-state index in [1.807, 2.05) is 61.5 Å². The van der Waals surface area contributed by atoms with Gasteiger partial charge in [0.1, 0.15) is 11.9 Å². The van der Waals surface area contributed by atoms with Gasteiger partial charge < -0.3 is 42.3 Å². The second kappa shape index (κ2) is 24.1. The summed E-state index contributed by atoms with van der Waals surface area (Å²) in [6, 6.07) is 22.2. The van der Waals surface area contributed by atoms with E-state index < -0.39 is 60.0 Å². The summed E-state index contributed by atoms with van der Waals surface area (Å²) in [7, 11) is 0. The summed E-state index contributed by atoms with van der Waals surface area (Å²) >= 11 is 0. The van der Waals surface area contributed by atoms with Crippen LogP contribution in [-0.4, -0.2) is 131 Å². The lowest BCUT2D eigenvalue weighted by Crippen LogP contribution is -2.52. The van der Waals surface area contributed by atoms with Gasteiger partial charge in [0.2, 0.25) is 35.4 Å². The molecule has 0 radical (unpaired) electrons. The summed E-state index contributed by atoms with van der Waals surface area (Å²) in [5.74, 6) is -3.05. The van der Waals surface area contributed by atoms with E-state index in [1.165, 1.54) is 12.2 Å². The molecule has 1 fully saturated rings. The van der Waals surface area contributed by atoms with Crippen molar-refractivity contribution < 1.29 is 43.5 Å². The largest absolute Gasteiger partial charge is 0.395 e. The van der Waals surface area contributed by atoms with Gasteiger partial charge in [-0.1, -0.05) is 61.5 Å². The van der Waals surface area contributed by atoms with Crippen LogP contribution in [0, 0.1) is 0 Å². The van der Waals surface area contributed by atoms with Gasteiger partial charge in [-0.05, 0) is 71.9 Å². The number of carbonyl (C=O) groups is 8. The molecule has 0 spiro atoms. The number of nitrogens with one attached hydrogen (secondary N) is 5. The highest BCUT2D eigenvalue weighted by atomic mass is 16.3. The van der Waals surface area contributed by atoms with E-state index in [2.05, 4.69) is 36.5 Å². The summed E-state index contributed by atoms with van der Waals surface area (Å²) in [6.45, 7) is 3.74. The minimum atomic E-state index is -0.954. The molecule has 4 heterocycles. The highest BCUT2D eigenvalue weighted by molar-refractivity contribution is 6.28. The Morgan fingerprint density at radius 2 is 1.59 bits per heavy atom. The minimum Gasteiger partial charge on any atom is -0.395 e. The molecule has 1 aromatic heterocycles. The van der Waals surface area contributed by atoms with Crippen LogP contribution < -0.4 is 37.2 Å². The fraction of sp³-hybridized carbons (Fsp3) is 0.345. The standard InChI is InChI=1S/C55H61N11O9/c1-2-20-65(23-24-67)53(74)38-27-37-10-11-40(30-44(37)62-46(56)29-38)55(17-18-55)54(75)61-41-28-39-34-64(21-16-43(39)58-31-41)22-19-57-52(73)45(25-35-6-4-3-5-7-35)63-49(70)33-60-48(69)32-59-47(68)26-36-8-12-42(13-9-36)66-50(71)14-15-51(66)72/h3-15,27-28,30-31,45,67H,2,16-26,29,32-34H2,1H3,(H2,56,62)(H,57,73)(H,59,68)(H,60,69)(H,61,75)(H,63,70)/t45-/m0/s1. The van der Waals surface area contributed by atoms with Gasteiger partial charge in [0.25, 0.3) is 11.8 Å². The molecule has 20 heteroatoms. The van der Waals surface area contributed by atoms with Crippen molar-refractivity contribution in [2.24, 2.45) is 10.7 Å². The maximum absolute atomic E-state index is 14.0. The monoisotopic (exact) mass is 1020 g/mol. The van der Waals surface area contributed by atoms with Crippen LogP contribution in [0.4, 0.5) is 17.1 Å². The van der Waals surface area contributed by atoms with E-state index in [0.717, 1.165) is 39.3 Å². The summed E-state index contributed by atoms with van der Waals surface area (Å²) in [5, 5.41) is 23.3. The number of imide groups is 1. The second-order valence-corrected chi connectivity index (χ2v) is 19.0. The van der Waals surface area contributed by atoms with Gasteiger partial charge in [0, 0.05) is 87.5 Å². The number of benzene rings is 3. The fourth-order valence-corrected chi connectivity index (χ4v) is 9.35. The molecule has 8 amide bonds. The lowest BCUT2D eigenvalue weighted by atomic mass is 9.92. The Labute approximate surface area is 433 Å². The highest BCUT2D eigenvalue weighted by Crippen LogP contribution is 2.50. The Morgan fingerprint density at radius 1 is 0.853 bits per heavy atom. The van der Waals surface area contributed by atoms with Gasteiger partial charge in [-0.2, -0.15) is 0 Å². The summed E-state index contributed by atoms with van der Waals surface area (Å²) in [6.07, 6.45) is 8.82. The first-order valence-electron chi connectivity index (χ1n) is 25.1. The topological polar surface area (TPSA) is 278 Å². The van der Waals surface area contributed by atoms with Gasteiger partial charge in [0.15, 0.2) is 0 Å². The molecule has 3 aliphatic heterocycles. The molecule has 0 bridgehead atoms. The number of fused-ring (bicyclic) bond motifs is 2. The van der Waals surface area contributed by atoms with Crippen LogP contribution in [0.3, 0.4) is 0 Å². The number of nitrogens with zero attached hydrogens (tertiary/aromatic N) is 5. The third-order valence-corrected chi connectivity index (χ3v) is 13.5. The molecule has 4 aliphatic rings. The normalized spacial score (nSPS) is 15.8. The Morgan fingerprint density at radius 3 is 2.31 bits per heavy atom. The molecule has 8 rings (SSSR count). The van der Waals surface area contributed by atoms with Gasteiger partial charge in [-0.15, -0.1) is 0 Å². The molecule has 0 unspecified atom stereocenters. The van der Waals surface area contributed by atoms with E-state index in [4.69, 9.17) is 10.7 Å². The molecule has 20 nitrogen and oxygen atoms in total. The summed E-state index contributed by atoms with van der Waals surface area (Å²) < 4.78 is 0. The van der Waals surface area contributed by atoms with E-state index in [1.54, 1.807) is 41.4 Å². The van der Waals surface area contributed by atoms with Gasteiger partial charge in [0.05, 0.1) is 54.8 Å². The van der Waals surface area contributed by atoms with Crippen molar-refractivity contribution in [3.63, 3.8) is 0 Å². The van der Waals surface area contributed by atoms with Gasteiger partial charge in [-0.3, -0.25) is 48.2 Å². The number of hydrogen-bond acceptors (Lipinski definition) is 13. The fourth-order valence-electron chi connectivity index (χ4n) is 9.35. The van der Waals surface area contributed by atoms with Crippen LogP contribution in [-0.2, 0) is 69.6 Å². The van der Waals surface area contributed by atoms with Crippen molar-refractivity contribution in [2.75, 3.05) is 62.6 Å². The summed E-state index contributed by atoms with van der Waals surface area (Å²) in [5.41, 5.74) is 12.4. The lowest BCUT2D eigenvalue weighted by molar-refractivity contribution is -0.130. The number of aliphatic hydroxyl groups is 1. The predicted octanol–water partition coefficient (Wildman–Crippen LogP) is 1.86. The van der Waals surface area contributed by atoms with E-state index in [9.17, 15) is 43.5 Å². The first-order valence-corrected chi connectivity index (χ1v) is 25.1. The number of aliphatic hydroxyl groups excluding tert-OH is 1. The van der Waals surface area contributed by atoms with Crippen molar-refractivity contribution in [2.45, 2.75) is 69.9 Å². The molecule has 1 aliphatic carbocycles. The smallest absolute Gasteiger partial charge is 0.258 e. The number of anilines is 2. The van der Waals surface area contributed by atoms with Crippen LogP contribution >= 0.6 is 0 Å². The molecular formula is C55H61N11O9. The van der Waals surface area contributed by atoms with Crippen molar-refractivity contribution in [3.8, 4) is 0 Å². The molecule has 390 valence electrons. The third kappa shape index (κ3) is 13.4. The number of amides is 8. The van der Waals surface area contributed by atoms with Crippen molar-refractivity contribution in [1.82, 2.24) is 36.1 Å². The van der Waals surface area contributed by atoms with Crippen molar-refractivity contribution in [1.29, 1.82) is 0 Å². The number of rotatable bonds is 22. The maximum atomic E-state index is 14.0. The molecular weight excluding hydrogens is 959 g/mol. The number of amidine groups is 1. The van der Waals surface area contributed by atoms with Crippen LogP contribution in [0.1, 0.15) is 66.1 Å². The number of carbonyl (C=O) groups excluding carboxylic acids is 8. The molecule has 0 saturated heterocycles. The lowest BCUT2D eigenvalue weighted by Gasteiger charge is -2.29.